The Morgan fingerprint density at radius 2 is 1.50 bits per heavy atom. The van der Waals surface area contributed by atoms with Gasteiger partial charge in [0.1, 0.15) is 5.75 Å². The first-order chi connectivity index (χ1) is 17.9. The molecule has 1 unspecified atom stereocenters. The summed E-state index contributed by atoms with van der Waals surface area (Å²) in [4.78, 5) is 26.7. The molecule has 0 aliphatic heterocycles. The van der Waals surface area contributed by atoms with Crippen molar-refractivity contribution in [1.29, 1.82) is 0 Å². The second-order valence-corrected chi connectivity index (χ2v) is 9.74. The molecular weight excluding hydrogens is 556 g/mol. The highest BCUT2D eigenvalue weighted by Gasteiger charge is 2.27. The van der Waals surface area contributed by atoms with E-state index in [9.17, 15) is 23.5 Å². The molecule has 0 aromatic heterocycles. The third-order valence-corrected chi connectivity index (χ3v) is 6.25. The Balaban J connectivity index is 1.83. The van der Waals surface area contributed by atoms with Crippen LogP contribution in [0.5, 0.6) is 5.75 Å². The molecule has 0 bridgehead atoms. The Hall–Kier alpha value is -3.78. The molecule has 2 N–H and O–H groups in total. The van der Waals surface area contributed by atoms with Crippen LogP contribution in [0.2, 0.25) is 0 Å². The van der Waals surface area contributed by atoms with E-state index in [2.05, 4.69) is 39.1 Å². The Labute approximate surface area is 229 Å². The summed E-state index contributed by atoms with van der Waals surface area (Å²) < 4.78 is 31.6. The quantitative estimate of drug-likeness (QED) is 0.159. The number of nitrogens with one attached hydrogen (secondary N) is 1. The van der Waals surface area contributed by atoms with E-state index in [-0.39, 0.29) is 35.1 Å². The van der Waals surface area contributed by atoms with Crippen LogP contribution in [0.15, 0.2) is 96.2 Å². The maximum atomic E-state index is 13.5. The summed E-state index contributed by atoms with van der Waals surface area (Å²) in [5, 5.41) is 12.4. The molecule has 0 spiro atoms. The SMILES string of the molecule is C=C(O)CCNC(=C)c1ccc(C(CC(=O)c2ccc(OC(C)(F)F)cc2)C(=O)c2ccc(Br)cc2)cc1. The number of aliphatic hydroxyl groups excluding tert-OH is 1. The van der Waals surface area contributed by atoms with Crippen molar-refractivity contribution in [3.8, 4) is 5.75 Å². The summed E-state index contributed by atoms with van der Waals surface area (Å²) >= 11 is 3.36. The van der Waals surface area contributed by atoms with E-state index >= 15 is 0 Å². The Kier molecular flexibility index (Phi) is 9.58. The van der Waals surface area contributed by atoms with Gasteiger partial charge in [0.25, 0.3) is 0 Å². The zero-order chi connectivity index (χ0) is 27.9. The maximum absolute atomic E-state index is 13.5. The average molecular weight is 584 g/mol. The van der Waals surface area contributed by atoms with E-state index < -0.39 is 12.0 Å². The van der Waals surface area contributed by atoms with Gasteiger partial charge in [0, 0.05) is 47.6 Å². The van der Waals surface area contributed by atoms with E-state index in [0.717, 1.165) is 10.0 Å². The molecule has 3 aromatic rings. The predicted molar refractivity (Wildman–Crippen MR) is 148 cm³/mol. The van der Waals surface area contributed by atoms with Crippen LogP contribution in [0, 0.1) is 0 Å². The lowest BCUT2D eigenvalue weighted by molar-refractivity contribution is -0.158. The van der Waals surface area contributed by atoms with Crippen molar-refractivity contribution < 1.29 is 28.2 Å². The molecule has 198 valence electrons. The van der Waals surface area contributed by atoms with Gasteiger partial charge in [-0.05, 0) is 47.5 Å². The fourth-order valence-electron chi connectivity index (χ4n) is 3.77. The summed E-state index contributed by atoms with van der Waals surface area (Å²) in [6, 6.07) is 19.5. The topological polar surface area (TPSA) is 75.6 Å². The zero-order valence-corrected chi connectivity index (χ0v) is 22.4. The number of hydrogen-bond donors (Lipinski definition) is 2. The van der Waals surface area contributed by atoms with Crippen LogP contribution in [-0.2, 0) is 0 Å². The highest BCUT2D eigenvalue weighted by molar-refractivity contribution is 9.10. The van der Waals surface area contributed by atoms with Crippen molar-refractivity contribution >= 4 is 33.2 Å². The lowest BCUT2D eigenvalue weighted by atomic mass is 9.85. The molecule has 8 heteroatoms. The highest BCUT2D eigenvalue weighted by atomic mass is 79.9. The number of carbonyl (C=O) groups excluding carboxylic acids is 2. The first-order valence-corrected chi connectivity index (χ1v) is 12.6. The summed E-state index contributed by atoms with van der Waals surface area (Å²) in [5.74, 6) is -1.29. The van der Waals surface area contributed by atoms with E-state index in [0.29, 0.717) is 36.7 Å². The van der Waals surface area contributed by atoms with Crippen LogP contribution in [-0.4, -0.2) is 29.3 Å². The number of ketones is 2. The lowest BCUT2D eigenvalue weighted by Crippen LogP contribution is -2.19. The fraction of sp³-hybridized carbons (Fsp3) is 0.200. The zero-order valence-electron chi connectivity index (χ0n) is 20.8. The van der Waals surface area contributed by atoms with Crippen molar-refractivity contribution in [2.45, 2.75) is 31.8 Å². The molecule has 3 aromatic carbocycles. The molecule has 0 heterocycles. The van der Waals surface area contributed by atoms with Gasteiger partial charge in [0.15, 0.2) is 11.6 Å². The van der Waals surface area contributed by atoms with Gasteiger partial charge >= 0.3 is 6.11 Å². The number of halogens is 3. The number of aliphatic hydroxyl groups is 1. The van der Waals surface area contributed by atoms with Gasteiger partial charge in [0.2, 0.25) is 0 Å². The second kappa shape index (κ2) is 12.6. The van der Waals surface area contributed by atoms with Gasteiger partial charge in [-0.3, -0.25) is 9.59 Å². The molecule has 0 saturated carbocycles. The molecule has 0 saturated heterocycles. The van der Waals surface area contributed by atoms with Crippen LogP contribution in [0.4, 0.5) is 8.78 Å². The van der Waals surface area contributed by atoms with Gasteiger partial charge in [-0.1, -0.05) is 65.5 Å². The number of alkyl halides is 2. The predicted octanol–water partition coefficient (Wildman–Crippen LogP) is 7.70. The molecular formula is C30H28BrF2NO4. The third-order valence-electron chi connectivity index (χ3n) is 5.72. The monoisotopic (exact) mass is 583 g/mol. The van der Waals surface area contributed by atoms with E-state index in [1.165, 1.54) is 24.3 Å². The summed E-state index contributed by atoms with van der Waals surface area (Å²) in [5.41, 5.74) is 2.83. The number of hydrogen-bond acceptors (Lipinski definition) is 5. The number of carbonyl (C=O) groups is 2. The van der Waals surface area contributed by atoms with Gasteiger partial charge in [-0.2, -0.15) is 8.78 Å². The Morgan fingerprint density at radius 1 is 0.947 bits per heavy atom. The molecule has 38 heavy (non-hydrogen) atoms. The molecule has 3 rings (SSSR count). The number of rotatable bonds is 13. The number of ether oxygens (including phenoxy) is 1. The first kappa shape index (κ1) is 28.8. The second-order valence-electron chi connectivity index (χ2n) is 8.83. The normalized spacial score (nSPS) is 11.9. The van der Waals surface area contributed by atoms with E-state index in [4.69, 9.17) is 0 Å². The smallest absolute Gasteiger partial charge is 0.394 e. The summed E-state index contributed by atoms with van der Waals surface area (Å²) in [6.07, 6.45) is -3.07. The van der Waals surface area contributed by atoms with Crippen molar-refractivity contribution in [3.63, 3.8) is 0 Å². The summed E-state index contributed by atoms with van der Waals surface area (Å²) in [6.45, 7) is 8.55. The van der Waals surface area contributed by atoms with Crippen LogP contribution in [0.25, 0.3) is 5.70 Å². The average Bonchev–Trinajstić information content (AvgIpc) is 2.86. The maximum Gasteiger partial charge on any atom is 0.394 e. The number of Topliss-reactive ketones (excluding diaryl/α,β-unsaturated/α-hetero) is 2. The van der Waals surface area contributed by atoms with Gasteiger partial charge in [-0.25, -0.2) is 0 Å². The summed E-state index contributed by atoms with van der Waals surface area (Å²) in [7, 11) is 0. The highest BCUT2D eigenvalue weighted by Crippen LogP contribution is 2.29. The first-order valence-electron chi connectivity index (χ1n) is 11.8. The molecule has 0 aliphatic carbocycles. The van der Waals surface area contributed by atoms with E-state index in [1.807, 2.05) is 12.1 Å². The molecule has 1 atom stereocenters. The van der Waals surface area contributed by atoms with Crippen molar-refractivity contribution in [2.75, 3.05) is 6.54 Å². The van der Waals surface area contributed by atoms with Crippen LogP contribution in [0.3, 0.4) is 0 Å². The standard InChI is InChI=1S/C30H28BrF2NO4/c1-19(35)16-17-34-20(2)21-4-6-22(7-5-21)27(29(37)24-8-12-25(31)13-9-24)18-28(36)23-10-14-26(15-11-23)38-30(3,32)33/h4-15,27,34-35H,1-2,16-18H2,3H3. The number of benzene rings is 3. The molecule has 0 radical (unpaired) electrons. The minimum atomic E-state index is -3.34. The minimum absolute atomic E-state index is 0.0655. The molecule has 0 amide bonds. The third kappa shape index (κ3) is 8.38. The molecule has 5 nitrogen and oxygen atoms in total. The van der Waals surface area contributed by atoms with Gasteiger partial charge < -0.3 is 15.2 Å². The van der Waals surface area contributed by atoms with Crippen LogP contribution in [0.1, 0.15) is 57.5 Å². The van der Waals surface area contributed by atoms with Crippen molar-refractivity contribution in [3.05, 3.63) is 118 Å². The van der Waals surface area contributed by atoms with Gasteiger partial charge in [0.05, 0.1) is 11.7 Å². The van der Waals surface area contributed by atoms with Crippen molar-refractivity contribution in [1.82, 2.24) is 5.32 Å². The largest absolute Gasteiger partial charge is 0.513 e. The molecule has 0 fully saturated rings. The van der Waals surface area contributed by atoms with Crippen LogP contribution < -0.4 is 10.1 Å². The van der Waals surface area contributed by atoms with E-state index in [1.54, 1.807) is 36.4 Å². The fourth-order valence-corrected chi connectivity index (χ4v) is 4.04. The Morgan fingerprint density at radius 3 is 2.05 bits per heavy atom. The lowest BCUT2D eigenvalue weighted by Gasteiger charge is -2.18. The Bertz CT molecular complexity index is 1300. The minimum Gasteiger partial charge on any atom is -0.513 e. The molecule has 0 aliphatic rings. The van der Waals surface area contributed by atoms with Gasteiger partial charge in [-0.15, -0.1) is 0 Å². The van der Waals surface area contributed by atoms with Crippen molar-refractivity contribution in [2.24, 2.45) is 0 Å². The van der Waals surface area contributed by atoms with Crippen LogP contribution >= 0.6 is 15.9 Å².